The van der Waals surface area contributed by atoms with Gasteiger partial charge in [-0.05, 0) is 24.6 Å². The molecule has 0 aliphatic rings. The Bertz CT molecular complexity index is 1290. The first kappa shape index (κ1) is 15.5. The van der Waals surface area contributed by atoms with Gasteiger partial charge in [-0.3, -0.25) is 0 Å². The summed E-state index contributed by atoms with van der Waals surface area (Å²) in [6.07, 6.45) is 5.27. The standard InChI is InChI=1S/C22H17N5/c1-14-11-18(15-5-3-2-4-6-15)26-19-12-16(7-8-17(14)19)20-21-22(23)24-9-10-27(21)13-25-20/h2-13H,1H3,(H2,23,24). The topological polar surface area (TPSA) is 69.1 Å². The van der Waals surface area contributed by atoms with E-state index in [9.17, 15) is 0 Å². The summed E-state index contributed by atoms with van der Waals surface area (Å²) in [6.45, 7) is 2.12. The van der Waals surface area contributed by atoms with E-state index in [4.69, 9.17) is 10.7 Å². The first-order valence-corrected chi connectivity index (χ1v) is 8.75. The normalized spacial score (nSPS) is 11.3. The molecule has 0 saturated carbocycles. The molecule has 27 heavy (non-hydrogen) atoms. The Hall–Kier alpha value is -3.73. The summed E-state index contributed by atoms with van der Waals surface area (Å²) in [5.41, 5.74) is 12.9. The molecular weight excluding hydrogens is 334 g/mol. The van der Waals surface area contributed by atoms with Gasteiger partial charge in [-0.25, -0.2) is 15.0 Å². The minimum Gasteiger partial charge on any atom is -0.382 e. The minimum absolute atomic E-state index is 0.465. The molecule has 2 N–H and O–H groups in total. The molecule has 0 amide bonds. The third kappa shape index (κ3) is 2.52. The number of rotatable bonds is 2. The monoisotopic (exact) mass is 351 g/mol. The Balaban J connectivity index is 1.73. The molecule has 0 aliphatic heterocycles. The number of imidazole rings is 1. The molecule has 130 valence electrons. The highest BCUT2D eigenvalue weighted by molar-refractivity contribution is 5.92. The summed E-state index contributed by atoms with van der Waals surface area (Å²) >= 11 is 0. The van der Waals surface area contributed by atoms with Gasteiger partial charge in [0.2, 0.25) is 0 Å². The fourth-order valence-electron chi connectivity index (χ4n) is 3.49. The van der Waals surface area contributed by atoms with E-state index in [1.165, 1.54) is 5.56 Å². The van der Waals surface area contributed by atoms with Crippen molar-refractivity contribution < 1.29 is 0 Å². The molecule has 0 fully saturated rings. The van der Waals surface area contributed by atoms with Crippen LogP contribution in [0.5, 0.6) is 0 Å². The quantitative estimate of drug-likeness (QED) is 0.508. The van der Waals surface area contributed by atoms with Crippen molar-refractivity contribution >= 4 is 22.2 Å². The zero-order valence-electron chi connectivity index (χ0n) is 14.8. The van der Waals surface area contributed by atoms with E-state index in [1.54, 1.807) is 12.5 Å². The Morgan fingerprint density at radius 1 is 0.926 bits per heavy atom. The summed E-state index contributed by atoms with van der Waals surface area (Å²) in [7, 11) is 0. The van der Waals surface area contributed by atoms with Crippen LogP contribution in [0.25, 0.3) is 38.9 Å². The van der Waals surface area contributed by atoms with Crippen LogP contribution in [0.4, 0.5) is 5.82 Å². The second kappa shape index (κ2) is 5.92. The van der Waals surface area contributed by atoms with Crippen LogP contribution >= 0.6 is 0 Å². The van der Waals surface area contributed by atoms with Crippen molar-refractivity contribution in [3.05, 3.63) is 78.9 Å². The first-order chi connectivity index (χ1) is 13.2. The number of aryl methyl sites for hydroxylation is 1. The van der Waals surface area contributed by atoms with Gasteiger partial charge in [0.05, 0.1) is 16.9 Å². The summed E-state index contributed by atoms with van der Waals surface area (Å²) in [6, 6.07) is 18.6. The molecule has 2 aromatic carbocycles. The molecule has 0 spiro atoms. The van der Waals surface area contributed by atoms with Crippen LogP contribution in [0.15, 0.2) is 73.3 Å². The zero-order valence-corrected chi connectivity index (χ0v) is 14.8. The van der Waals surface area contributed by atoms with Gasteiger partial charge < -0.3 is 10.1 Å². The number of anilines is 1. The molecule has 5 heteroatoms. The van der Waals surface area contributed by atoms with E-state index < -0.39 is 0 Å². The van der Waals surface area contributed by atoms with Crippen molar-refractivity contribution in [3.8, 4) is 22.5 Å². The van der Waals surface area contributed by atoms with Crippen molar-refractivity contribution in [2.24, 2.45) is 0 Å². The highest BCUT2D eigenvalue weighted by atomic mass is 15.0. The Morgan fingerprint density at radius 3 is 2.63 bits per heavy atom. The maximum Gasteiger partial charge on any atom is 0.150 e. The lowest BCUT2D eigenvalue weighted by Crippen LogP contribution is -1.95. The van der Waals surface area contributed by atoms with Crippen LogP contribution < -0.4 is 5.73 Å². The van der Waals surface area contributed by atoms with Crippen LogP contribution in [0.2, 0.25) is 0 Å². The van der Waals surface area contributed by atoms with Gasteiger partial charge in [0.25, 0.3) is 0 Å². The lowest BCUT2D eigenvalue weighted by atomic mass is 10.0. The van der Waals surface area contributed by atoms with E-state index in [0.29, 0.717) is 5.82 Å². The average molecular weight is 351 g/mol. The number of hydrogen-bond acceptors (Lipinski definition) is 4. The number of fused-ring (bicyclic) bond motifs is 2. The van der Waals surface area contributed by atoms with Gasteiger partial charge in [0.1, 0.15) is 17.7 Å². The van der Waals surface area contributed by atoms with Crippen LogP contribution in [-0.2, 0) is 0 Å². The van der Waals surface area contributed by atoms with E-state index in [0.717, 1.165) is 38.9 Å². The summed E-state index contributed by atoms with van der Waals surface area (Å²) < 4.78 is 1.89. The molecule has 0 unspecified atom stereocenters. The van der Waals surface area contributed by atoms with Crippen molar-refractivity contribution in [1.29, 1.82) is 0 Å². The van der Waals surface area contributed by atoms with E-state index in [1.807, 2.05) is 28.8 Å². The van der Waals surface area contributed by atoms with Gasteiger partial charge in [-0.1, -0.05) is 42.5 Å². The number of nitrogen functional groups attached to an aromatic ring is 1. The predicted octanol–water partition coefficient (Wildman–Crippen LogP) is 4.50. The van der Waals surface area contributed by atoms with E-state index in [2.05, 4.69) is 53.3 Å². The molecule has 0 atom stereocenters. The zero-order chi connectivity index (χ0) is 18.4. The molecular formula is C22H17N5. The Kier molecular flexibility index (Phi) is 3.40. The predicted molar refractivity (Wildman–Crippen MR) is 108 cm³/mol. The molecule has 5 rings (SSSR count). The molecule has 3 aromatic heterocycles. The lowest BCUT2D eigenvalue weighted by molar-refractivity contribution is 1.12. The highest BCUT2D eigenvalue weighted by Crippen LogP contribution is 2.30. The van der Waals surface area contributed by atoms with Crippen LogP contribution in [0.3, 0.4) is 0 Å². The number of aromatic nitrogens is 4. The molecule has 0 radical (unpaired) electrons. The first-order valence-electron chi connectivity index (χ1n) is 8.75. The van der Waals surface area contributed by atoms with Gasteiger partial charge >= 0.3 is 0 Å². The third-order valence-corrected chi connectivity index (χ3v) is 4.84. The molecule has 0 aliphatic carbocycles. The molecule has 3 heterocycles. The Labute approximate surface area is 156 Å². The Morgan fingerprint density at radius 2 is 1.78 bits per heavy atom. The summed E-state index contributed by atoms with van der Waals surface area (Å²) in [5.74, 6) is 0.465. The number of pyridine rings is 1. The van der Waals surface area contributed by atoms with Crippen LogP contribution in [0.1, 0.15) is 5.56 Å². The number of benzene rings is 2. The van der Waals surface area contributed by atoms with E-state index in [-0.39, 0.29) is 0 Å². The maximum absolute atomic E-state index is 6.09. The van der Waals surface area contributed by atoms with Crippen molar-refractivity contribution in [3.63, 3.8) is 0 Å². The maximum atomic E-state index is 6.09. The minimum atomic E-state index is 0.465. The van der Waals surface area contributed by atoms with Gasteiger partial charge in [-0.15, -0.1) is 0 Å². The highest BCUT2D eigenvalue weighted by Gasteiger charge is 2.13. The van der Waals surface area contributed by atoms with Crippen molar-refractivity contribution in [2.45, 2.75) is 6.92 Å². The van der Waals surface area contributed by atoms with Gasteiger partial charge in [0.15, 0.2) is 0 Å². The second-order valence-electron chi connectivity index (χ2n) is 6.58. The third-order valence-electron chi connectivity index (χ3n) is 4.84. The summed E-state index contributed by atoms with van der Waals surface area (Å²) in [4.78, 5) is 13.6. The van der Waals surface area contributed by atoms with Crippen molar-refractivity contribution in [1.82, 2.24) is 19.4 Å². The fraction of sp³-hybridized carbons (Fsp3) is 0.0455. The molecule has 5 nitrogen and oxygen atoms in total. The van der Waals surface area contributed by atoms with Gasteiger partial charge in [-0.2, -0.15) is 0 Å². The SMILES string of the molecule is Cc1cc(-c2ccccc2)nc2cc(-c3ncn4ccnc(N)c34)ccc12. The number of nitrogens with two attached hydrogens (primary N) is 1. The lowest BCUT2D eigenvalue weighted by Gasteiger charge is -2.09. The largest absolute Gasteiger partial charge is 0.382 e. The molecule has 0 saturated heterocycles. The molecule has 5 aromatic rings. The number of nitrogens with zero attached hydrogens (tertiary/aromatic N) is 4. The van der Waals surface area contributed by atoms with Crippen LogP contribution in [0, 0.1) is 6.92 Å². The van der Waals surface area contributed by atoms with E-state index >= 15 is 0 Å². The number of hydrogen-bond donors (Lipinski definition) is 1. The smallest absolute Gasteiger partial charge is 0.150 e. The average Bonchev–Trinajstić information content (AvgIpc) is 3.14. The fourth-order valence-corrected chi connectivity index (χ4v) is 3.49. The van der Waals surface area contributed by atoms with Crippen molar-refractivity contribution in [2.75, 3.05) is 5.73 Å². The van der Waals surface area contributed by atoms with Crippen LogP contribution in [-0.4, -0.2) is 19.4 Å². The molecule has 0 bridgehead atoms. The van der Waals surface area contributed by atoms with Gasteiger partial charge in [0, 0.05) is 28.9 Å². The summed E-state index contributed by atoms with van der Waals surface area (Å²) in [5, 5.41) is 1.13. The second-order valence-corrected chi connectivity index (χ2v) is 6.58.